The molecule has 3 heteroatoms. The SMILES string of the molecule is CCCCCCCCCCC(O)CNC(C)(C)C#N. The normalized spacial score (nSPS) is 13.2. The summed E-state index contributed by atoms with van der Waals surface area (Å²) in [6.07, 6.45) is 10.8. The van der Waals surface area contributed by atoms with E-state index in [1.165, 1.54) is 44.9 Å². The fraction of sp³-hybridized carbons (Fsp3) is 0.938. The lowest BCUT2D eigenvalue weighted by Crippen LogP contribution is -2.42. The zero-order chi connectivity index (χ0) is 14.6. The van der Waals surface area contributed by atoms with Gasteiger partial charge in [-0.3, -0.25) is 5.32 Å². The van der Waals surface area contributed by atoms with E-state index in [0.717, 1.165) is 12.8 Å². The molecule has 1 atom stereocenters. The summed E-state index contributed by atoms with van der Waals surface area (Å²) in [7, 11) is 0. The first-order valence-corrected chi connectivity index (χ1v) is 7.86. The van der Waals surface area contributed by atoms with Gasteiger partial charge in [0.1, 0.15) is 5.54 Å². The van der Waals surface area contributed by atoms with Gasteiger partial charge in [-0.2, -0.15) is 5.26 Å². The number of aliphatic hydroxyl groups is 1. The molecule has 1 unspecified atom stereocenters. The summed E-state index contributed by atoms with van der Waals surface area (Å²) in [4.78, 5) is 0. The number of nitrogens with one attached hydrogen (secondary N) is 1. The van der Waals surface area contributed by atoms with Crippen molar-refractivity contribution in [1.29, 1.82) is 5.26 Å². The lowest BCUT2D eigenvalue weighted by molar-refractivity contribution is 0.151. The van der Waals surface area contributed by atoms with Gasteiger partial charge in [0.05, 0.1) is 12.2 Å². The minimum absolute atomic E-state index is 0.326. The number of rotatable bonds is 12. The second-order valence-electron chi connectivity index (χ2n) is 6.04. The number of unbranched alkanes of at least 4 members (excludes halogenated alkanes) is 7. The highest BCUT2D eigenvalue weighted by molar-refractivity contribution is 4.99. The summed E-state index contributed by atoms with van der Waals surface area (Å²) in [5.41, 5.74) is -0.541. The third-order valence-electron chi connectivity index (χ3n) is 3.45. The zero-order valence-corrected chi connectivity index (χ0v) is 13.0. The number of aliphatic hydroxyl groups excluding tert-OH is 1. The number of β-amino-alcohol motifs (C(OH)–C–C–N with tert-alkyl or cyclic N) is 1. The van der Waals surface area contributed by atoms with E-state index in [9.17, 15) is 5.11 Å². The molecule has 0 aliphatic heterocycles. The second kappa shape index (κ2) is 11.3. The Morgan fingerprint density at radius 3 is 2.11 bits per heavy atom. The molecular weight excluding hydrogens is 236 g/mol. The first-order chi connectivity index (χ1) is 9.02. The Kier molecular flexibility index (Phi) is 10.9. The van der Waals surface area contributed by atoms with Crippen LogP contribution in [-0.2, 0) is 0 Å². The quantitative estimate of drug-likeness (QED) is 0.530. The standard InChI is InChI=1S/C16H32N2O/c1-4-5-6-7-8-9-10-11-12-15(19)13-18-16(2,3)14-17/h15,18-19H,4-13H2,1-3H3. The van der Waals surface area contributed by atoms with Gasteiger partial charge in [0.25, 0.3) is 0 Å². The van der Waals surface area contributed by atoms with Gasteiger partial charge in [0, 0.05) is 6.54 Å². The van der Waals surface area contributed by atoms with Gasteiger partial charge >= 0.3 is 0 Å². The van der Waals surface area contributed by atoms with E-state index in [-0.39, 0.29) is 6.10 Å². The molecule has 0 heterocycles. The van der Waals surface area contributed by atoms with Gasteiger partial charge in [-0.15, -0.1) is 0 Å². The Hall–Kier alpha value is -0.590. The molecule has 0 spiro atoms. The lowest BCUT2D eigenvalue weighted by Gasteiger charge is -2.20. The summed E-state index contributed by atoms with van der Waals surface area (Å²) in [6.45, 7) is 6.41. The smallest absolute Gasteiger partial charge is 0.101 e. The largest absolute Gasteiger partial charge is 0.392 e. The topological polar surface area (TPSA) is 56.0 Å². The Balaban J connectivity index is 3.35. The van der Waals surface area contributed by atoms with Crippen LogP contribution in [0.5, 0.6) is 0 Å². The van der Waals surface area contributed by atoms with Gasteiger partial charge in [0.2, 0.25) is 0 Å². The summed E-state index contributed by atoms with van der Waals surface area (Å²) in [6, 6.07) is 2.18. The number of hydrogen-bond acceptors (Lipinski definition) is 3. The van der Waals surface area contributed by atoms with Gasteiger partial charge in [-0.1, -0.05) is 58.3 Å². The van der Waals surface area contributed by atoms with Gasteiger partial charge in [0.15, 0.2) is 0 Å². The molecule has 0 aliphatic carbocycles. The van der Waals surface area contributed by atoms with Crippen molar-refractivity contribution in [2.75, 3.05) is 6.54 Å². The highest BCUT2D eigenvalue weighted by Crippen LogP contribution is 2.10. The molecule has 0 rings (SSSR count). The molecule has 0 aliphatic rings. The van der Waals surface area contributed by atoms with E-state index in [1.807, 2.05) is 13.8 Å². The number of hydrogen-bond donors (Lipinski definition) is 2. The average Bonchev–Trinajstić information content (AvgIpc) is 2.39. The molecule has 2 N–H and O–H groups in total. The van der Waals surface area contributed by atoms with Crippen LogP contribution in [0.25, 0.3) is 0 Å². The van der Waals surface area contributed by atoms with E-state index < -0.39 is 5.54 Å². The van der Waals surface area contributed by atoms with E-state index >= 15 is 0 Å². The van der Waals surface area contributed by atoms with E-state index in [4.69, 9.17) is 5.26 Å². The van der Waals surface area contributed by atoms with E-state index in [0.29, 0.717) is 6.54 Å². The van der Waals surface area contributed by atoms with Crippen LogP contribution in [0.2, 0.25) is 0 Å². The highest BCUT2D eigenvalue weighted by atomic mass is 16.3. The first kappa shape index (κ1) is 18.4. The molecule has 0 aromatic rings. The molecule has 0 radical (unpaired) electrons. The maximum atomic E-state index is 9.81. The molecular formula is C16H32N2O. The number of nitriles is 1. The second-order valence-corrected chi connectivity index (χ2v) is 6.04. The van der Waals surface area contributed by atoms with E-state index in [2.05, 4.69) is 18.3 Å². The molecule has 0 amide bonds. The Labute approximate surface area is 119 Å². The van der Waals surface area contributed by atoms with Crippen molar-refractivity contribution in [3.63, 3.8) is 0 Å². The minimum atomic E-state index is -0.541. The van der Waals surface area contributed by atoms with Crippen molar-refractivity contribution in [2.24, 2.45) is 0 Å². The summed E-state index contributed by atoms with van der Waals surface area (Å²) in [5.74, 6) is 0. The third-order valence-corrected chi connectivity index (χ3v) is 3.45. The Morgan fingerprint density at radius 1 is 1.05 bits per heavy atom. The first-order valence-electron chi connectivity index (χ1n) is 7.86. The average molecular weight is 268 g/mol. The van der Waals surface area contributed by atoms with Crippen LogP contribution in [0.3, 0.4) is 0 Å². The van der Waals surface area contributed by atoms with Crippen molar-refractivity contribution in [2.45, 2.75) is 90.2 Å². The molecule has 0 bridgehead atoms. The van der Waals surface area contributed by atoms with Crippen molar-refractivity contribution in [1.82, 2.24) is 5.32 Å². The van der Waals surface area contributed by atoms with Crippen LogP contribution in [0.1, 0.15) is 78.6 Å². The molecule has 0 aromatic heterocycles. The van der Waals surface area contributed by atoms with Crippen LogP contribution >= 0.6 is 0 Å². The predicted molar refractivity (Wildman–Crippen MR) is 80.9 cm³/mol. The van der Waals surface area contributed by atoms with Crippen molar-refractivity contribution >= 4 is 0 Å². The summed E-state index contributed by atoms with van der Waals surface area (Å²) >= 11 is 0. The highest BCUT2D eigenvalue weighted by Gasteiger charge is 2.16. The predicted octanol–water partition coefficient (Wildman–Crippen LogP) is 3.77. The fourth-order valence-electron chi connectivity index (χ4n) is 2.03. The van der Waals surface area contributed by atoms with Crippen molar-refractivity contribution in [3.05, 3.63) is 0 Å². The van der Waals surface area contributed by atoms with Crippen molar-refractivity contribution in [3.8, 4) is 6.07 Å². The Bertz CT molecular complexity index is 246. The molecule has 112 valence electrons. The lowest BCUT2D eigenvalue weighted by atomic mass is 10.0. The molecule has 3 nitrogen and oxygen atoms in total. The molecule has 0 aromatic carbocycles. The van der Waals surface area contributed by atoms with Crippen LogP contribution in [0.15, 0.2) is 0 Å². The summed E-state index contributed by atoms with van der Waals surface area (Å²) in [5, 5.41) is 21.7. The Morgan fingerprint density at radius 2 is 1.58 bits per heavy atom. The third kappa shape index (κ3) is 12.2. The molecule has 0 fully saturated rings. The fourth-order valence-corrected chi connectivity index (χ4v) is 2.03. The van der Waals surface area contributed by atoms with Crippen LogP contribution in [0, 0.1) is 11.3 Å². The summed E-state index contributed by atoms with van der Waals surface area (Å²) < 4.78 is 0. The monoisotopic (exact) mass is 268 g/mol. The van der Waals surface area contributed by atoms with Crippen LogP contribution in [0.4, 0.5) is 0 Å². The van der Waals surface area contributed by atoms with Gasteiger partial charge < -0.3 is 5.11 Å². The van der Waals surface area contributed by atoms with Crippen LogP contribution in [-0.4, -0.2) is 23.3 Å². The maximum absolute atomic E-state index is 9.81. The van der Waals surface area contributed by atoms with Gasteiger partial charge in [-0.05, 0) is 20.3 Å². The van der Waals surface area contributed by atoms with Crippen LogP contribution < -0.4 is 5.32 Å². The van der Waals surface area contributed by atoms with Crippen molar-refractivity contribution < 1.29 is 5.11 Å². The maximum Gasteiger partial charge on any atom is 0.101 e. The minimum Gasteiger partial charge on any atom is -0.392 e. The number of nitrogens with zero attached hydrogens (tertiary/aromatic N) is 1. The molecule has 0 saturated heterocycles. The van der Waals surface area contributed by atoms with E-state index in [1.54, 1.807) is 0 Å². The van der Waals surface area contributed by atoms with Gasteiger partial charge in [-0.25, -0.2) is 0 Å². The molecule has 19 heavy (non-hydrogen) atoms. The zero-order valence-electron chi connectivity index (χ0n) is 13.0. The molecule has 0 saturated carbocycles.